The standard InChI is InChI=1S/C8H13BrN2S/c1-5(10)8(11-2)7-3-6(9)4-12-7/h3-5,8,11H,10H2,1-2H3. The van der Waals surface area contributed by atoms with Crippen LogP contribution in [0.3, 0.4) is 0 Å². The minimum atomic E-state index is 0.139. The molecule has 1 aromatic heterocycles. The summed E-state index contributed by atoms with van der Waals surface area (Å²) < 4.78 is 1.13. The summed E-state index contributed by atoms with van der Waals surface area (Å²) in [6, 6.07) is 2.51. The van der Waals surface area contributed by atoms with Gasteiger partial charge in [0.25, 0.3) is 0 Å². The van der Waals surface area contributed by atoms with Gasteiger partial charge in [0.2, 0.25) is 0 Å². The molecule has 1 heterocycles. The third-order valence-corrected chi connectivity index (χ3v) is 3.51. The van der Waals surface area contributed by atoms with Crippen molar-refractivity contribution in [3.05, 3.63) is 20.8 Å². The summed E-state index contributed by atoms with van der Waals surface area (Å²) in [5.74, 6) is 0. The summed E-state index contributed by atoms with van der Waals surface area (Å²) in [6.07, 6.45) is 0. The van der Waals surface area contributed by atoms with Crippen molar-refractivity contribution < 1.29 is 0 Å². The van der Waals surface area contributed by atoms with Crippen LogP contribution in [0.15, 0.2) is 15.9 Å². The molecule has 2 unspecified atom stereocenters. The number of likely N-dealkylation sites (N-methyl/N-ethyl adjacent to an activating group) is 1. The minimum absolute atomic E-state index is 0.139. The van der Waals surface area contributed by atoms with Crippen LogP contribution in [0.1, 0.15) is 17.8 Å². The Hall–Kier alpha value is 0.1000. The number of rotatable bonds is 3. The zero-order chi connectivity index (χ0) is 9.14. The van der Waals surface area contributed by atoms with Crippen molar-refractivity contribution in [2.45, 2.75) is 19.0 Å². The van der Waals surface area contributed by atoms with Crippen LogP contribution in [0.5, 0.6) is 0 Å². The molecule has 68 valence electrons. The number of hydrogen-bond acceptors (Lipinski definition) is 3. The molecule has 0 saturated heterocycles. The van der Waals surface area contributed by atoms with E-state index in [1.54, 1.807) is 11.3 Å². The predicted octanol–water partition coefficient (Wildman–Crippen LogP) is 2.12. The number of halogens is 1. The molecule has 12 heavy (non-hydrogen) atoms. The van der Waals surface area contributed by atoms with Crippen LogP contribution >= 0.6 is 27.3 Å². The van der Waals surface area contributed by atoms with Crippen molar-refractivity contribution in [2.24, 2.45) is 5.73 Å². The number of nitrogens with two attached hydrogens (primary N) is 1. The minimum Gasteiger partial charge on any atom is -0.326 e. The first-order valence-electron chi connectivity index (χ1n) is 3.82. The van der Waals surface area contributed by atoms with Gasteiger partial charge in [-0.15, -0.1) is 11.3 Å². The van der Waals surface area contributed by atoms with Gasteiger partial charge in [-0.25, -0.2) is 0 Å². The monoisotopic (exact) mass is 248 g/mol. The summed E-state index contributed by atoms with van der Waals surface area (Å²) in [4.78, 5) is 1.28. The summed E-state index contributed by atoms with van der Waals surface area (Å²) in [5.41, 5.74) is 5.82. The molecule has 1 aromatic rings. The maximum Gasteiger partial charge on any atom is 0.0563 e. The lowest BCUT2D eigenvalue weighted by atomic mass is 10.1. The lowest BCUT2D eigenvalue weighted by Gasteiger charge is -2.17. The molecule has 0 amide bonds. The lowest BCUT2D eigenvalue weighted by Crippen LogP contribution is -2.32. The van der Waals surface area contributed by atoms with E-state index in [0.717, 1.165) is 4.47 Å². The molecule has 2 nitrogen and oxygen atoms in total. The first-order chi connectivity index (χ1) is 5.65. The van der Waals surface area contributed by atoms with Gasteiger partial charge in [0, 0.05) is 20.8 Å². The molecule has 0 saturated carbocycles. The smallest absolute Gasteiger partial charge is 0.0563 e. The van der Waals surface area contributed by atoms with Crippen LogP contribution in [0.4, 0.5) is 0 Å². The van der Waals surface area contributed by atoms with E-state index in [-0.39, 0.29) is 12.1 Å². The molecule has 2 atom stereocenters. The first-order valence-corrected chi connectivity index (χ1v) is 5.49. The Balaban J connectivity index is 2.80. The van der Waals surface area contributed by atoms with Crippen LogP contribution in [0.25, 0.3) is 0 Å². The first kappa shape index (κ1) is 10.2. The van der Waals surface area contributed by atoms with Crippen molar-refractivity contribution in [2.75, 3.05) is 7.05 Å². The molecule has 4 heteroatoms. The van der Waals surface area contributed by atoms with Gasteiger partial charge >= 0.3 is 0 Å². The molecule has 0 aromatic carbocycles. The van der Waals surface area contributed by atoms with Crippen LogP contribution in [0.2, 0.25) is 0 Å². The fourth-order valence-corrected chi connectivity index (χ4v) is 2.82. The van der Waals surface area contributed by atoms with Gasteiger partial charge in [0.1, 0.15) is 0 Å². The van der Waals surface area contributed by atoms with E-state index in [4.69, 9.17) is 5.73 Å². The Bertz CT molecular complexity index is 247. The maximum atomic E-state index is 5.82. The highest BCUT2D eigenvalue weighted by Gasteiger charge is 2.15. The quantitative estimate of drug-likeness (QED) is 0.861. The Morgan fingerprint density at radius 1 is 1.67 bits per heavy atom. The normalized spacial score (nSPS) is 16.0. The average molecular weight is 249 g/mol. The van der Waals surface area contributed by atoms with Crippen molar-refractivity contribution >= 4 is 27.3 Å². The summed E-state index contributed by atoms with van der Waals surface area (Å²) in [6.45, 7) is 2.01. The molecule has 0 bridgehead atoms. The van der Waals surface area contributed by atoms with Crippen molar-refractivity contribution in [3.8, 4) is 0 Å². The van der Waals surface area contributed by atoms with Gasteiger partial charge in [-0.3, -0.25) is 0 Å². The van der Waals surface area contributed by atoms with Gasteiger partial charge < -0.3 is 11.1 Å². The second-order valence-electron chi connectivity index (χ2n) is 2.79. The molecule has 0 spiro atoms. The second-order valence-corrected chi connectivity index (χ2v) is 4.65. The van der Waals surface area contributed by atoms with E-state index >= 15 is 0 Å². The van der Waals surface area contributed by atoms with Crippen molar-refractivity contribution in [1.82, 2.24) is 5.32 Å². The number of thiophene rings is 1. The molecule has 0 fully saturated rings. The van der Waals surface area contributed by atoms with Gasteiger partial charge in [-0.2, -0.15) is 0 Å². The largest absolute Gasteiger partial charge is 0.326 e. The average Bonchev–Trinajstić information content (AvgIpc) is 2.37. The van der Waals surface area contributed by atoms with Crippen LogP contribution in [-0.2, 0) is 0 Å². The zero-order valence-electron chi connectivity index (χ0n) is 7.17. The molecule has 1 rings (SSSR count). The molecular formula is C8H13BrN2S. The number of nitrogens with one attached hydrogen (secondary N) is 1. The van der Waals surface area contributed by atoms with Crippen LogP contribution < -0.4 is 11.1 Å². The highest BCUT2D eigenvalue weighted by molar-refractivity contribution is 9.10. The van der Waals surface area contributed by atoms with Gasteiger partial charge in [-0.05, 0) is 36.0 Å². The summed E-state index contributed by atoms with van der Waals surface area (Å²) in [5, 5.41) is 5.27. The molecule has 0 aliphatic carbocycles. The molecule has 0 aliphatic rings. The van der Waals surface area contributed by atoms with E-state index in [1.165, 1.54) is 4.88 Å². The second kappa shape index (κ2) is 4.37. The Kier molecular flexibility index (Phi) is 3.71. The van der Waals surface area contributed by atoms with Crippen LogP contribution in [-0.4, -0.2) is 13.1 Å². The highest BCUT2D eigenvalue weighted by Crippen LogP contribution is 2.26. The Labute approximate surface area is 85.3 Å². The highest BCUT2D eigenvalue weighted by atomic mass is 79.9. The third kappa shape index (κ3) is 2.29. The van der Waals surface area contributed by atoms with E-state index in [9.17, 15) is 0 Å². The zero-order valence-corrected chi connectivity index (χ0v) is 9.58. The lowest BCUT2D eigenvalue weighted by molar-refractivity contribution is 0.511. The Morgan fingerprint density at radius 3 is 2.67 bits per heavy atom. The maximum absolute atomic E-state index is 5.82. The summed E-state index contributed by atoms with van der Waals surface area (Å²) >= 11 is 5.14. The topological polar surface area (TPSA) is 38.0 Å². The van der Waals surface area contributed by atoms with E-state index in [1.807, 2.05) is 14.0 Å². The third-order valence-electron chi connectivity index (χ3n) is 1.73. The van der Waals surface area contributed by atoms with E-state index in [2.05, 4.69) is 32.7 Å². The van der Waals surface area contributed by atoms with Crippen LogP contribution in [0, 0.1) is 0 Å². The van der Waals surface area contributed by atoms with Gasteiger partial charge in [-0.1, -0.05) is 0 Å². The fraction of sp³-hybridized carbons (Fsp3) is 0.500. The molecule has 0 radical (unpaired) electrons. The predicted molar refractivity (Wildman–Crippen MR) is 57.5 cm³/mol. The van der Waals surface area contributed by atoms with E-state index in [0.29, 0.717) is 0 Å². The van der Waals surface area contributed by atoms with Crippen molar-refractivity contribution in [1.29, 1.82) is 0 Å². The fourth-order valence-electron chi connectivity index (χ4n) is 1.16. The number of hydrogen-bond donors (Lipinski definition) is 2. The molecule has 3 N–H and O–H groups in total. The van der Waals surface area contributed by atoms with E-state index < -0.39 is 0 Å². The van der Waals surface area contributed by atoms with Gasteiger partial charge in [0.15, 0.2) is 0 Å². The Morgan fingerprint density at radius 2 is 2.33 bits per heavy atom. The molecule has 0 aliphatic heterocycles. The van der Waals surface area contributed by atoms with Gasteiger partial charge in [0.05, 0.1) is 6.04 Å². The van der Waals surface area contributed by atoms with Crippen molar-refractivity contribution in [3.63, 3.8) is 0 Å². The summed E-state index contributed by atoms with van der Waals surface area (Å²) in [7, 11) is 1.93. The SMILES string of the molecule is CNC(c1cc(Br)cs1)C(C)N. The molecular weight excluding hydrogens is 236 g/mol.